The van der Waals surface area contributed by atoms with Gasteiger partial charge in [0.25, 0.3) is 0 Å². The van der Waals surface area contributed by atoms with Gasteiger partial charge in [-0.1, -0.05) is 12.8 Å². The van der Waals surface area contributed by atoms with E-state index in [0.717, 1.165) is 25.7 Å². The van der Waals surface area contributed by atoms with Gasteiger partial charge in [0, 0.05) is 31.7 Å². The Bertz CT molecular complexity index is 775. The lowest BCUT2D eigenvalue weighted by atomic mass is 9.74. The number of piperazine rings is 1. The van der Waals surface area contributed by atoms with E-state index in [0.29, 0.717) is 31.9 Å². The van der Waals surface area contributed by atoms with Crippen LogP contribution in [0, 0.1) is 5.92 Å². The minimum absolute atomic E-state index is 0. The SMILES string of the molecule is COc1ccc(S(=O)(=O)N2CCN(C(=O)C3CCCCC3(C)N)CC2)cc1.Cl. The molecule has 1 amide bonds. The molecular weight excluding hydrogens is 402 g/mol. The van der Waals surface area contributed by atoms with E-state index in [-0.39, 0.29) is 29.1 Å². The number of sulfonamides is 1. The lowest BCUT2D eigenvalue weighted by Gasteiger charge is -2.42. The predicted molar refractivity (Wildman–Crippen MR) is 110 cm³/mol. The van der Waals surface area contributed by atoms with E-state index in [1.807, 2.05) is 6.92 Å². The zero-order valence-corrected chi connectivity index (χ0v) is 18.1. The van der Waals surface area contributed by atoms with Crippen molar-refractivity contribution >= 4 is 28.3 Å². The molecular formula is C19H30ClN3O4S. The van der Waals surface area contributed by atoms with Gasteiger partial charge in [0.15, 0.2) is 0 Å². The van der Waals surface area contributed by atoms with Crippen LogP contribution in [0.5, 0.6) is 5.75 Å². The molecule has 1 aromatic carbocycles. The van der Waals surface area contributed by atoms with Crippen molar-refractivity contribution in [1.29, 1.82) is 0 Å². The van der Waals surface area contributed by atoms with E-state index in [2.05, 4.69) is 0 Å². The molecule has 0 bridgehead atoms. The fraction of sp³-hybridized carbons (Fsp3) is 0.632. The molecule has 3 rings (SSSR count). The number of hydrogen-bond acceptors (Lipinski definition) is 5. The van der Waals surface area contributed by atoms with Crippen molar-refractivity contribution in [3.8, 4) is 5.75 Å². The lowest BCUT2D eigenvalue weighted by Crippen LogP contribution is -2.57. The van der Waals surface area contributed by atoms with Crippen molar-refractivity contribution in [3.63, 3.8) is 0 Å². The fourth-order valence-electron chi connectivity index (χ4n) is 4.03. The second-order valence-electron chi connectivity index (χ2n) is 7.71. The minimum atomic E-state index is -3.57. The van der Waals surface area contributed by atoms with E-state index in [4.69, 9.17) is 10.5 Å². The number of ether oxygens (including phenoxy) is 1. The van der Waals surface area contributed by atoms with E-state index in [9.17, 15) is 13.2 Å². The van der Waals surface area contributed by atoms with E-state index in [1.54, 1.807) is 36.3 Å². The first-order valence-electron chi connectivity index (χ1n) is 9.47. The third-order valence-corrected chi connectivity index (χ3v) is 7.71. The van der Waals surface area contributed by atoms with Crippen LogP contribution in [0.4, 0.5) is 0 Å². The summed E-state index contributed by atoms with van der Waals surface area (Å²) in [5, 5.41) is 0. The second-order valence-corrected chi connectivity index (χ2v) is 9.65. The number of benzene rings is 1. The second kappa shape index (κ2) is 8.98. The van der Waals surface area contributed by atoms with E-state index >= 15 is 0 Å². The Morgan fingerprint density at radius 2 is 1.75 bits per heavy atom. The van der Waals surface area contributed by atoms with Crippen LogP contribution in [0.1, 0.15) is 32.6 Å². The third kappa shape index (κ3) is 4.62. The zero-order valence-electron chi connectivity index (χ0n) is 16.5. The summed E-state index contributed by atoms with van der Waals surface area (Å²) in [5.41, 5.74) is 5.89. The van der Waals surface area contributed by atoms with Crippen LogP contribution in [-0.4, -0.2) is 62.4 Å². The number of carbonyl (C=O) groups is 1. The van der Waals surface area contributed by atoms with Crippen molar-refractivity contribution < 1.29 is 17.9 Å². The molecule has 0 spiro atoms. The number of hydrogen-bond donors (Lipinski definition) is 1. The largest absolute Gasteiger partial charge is 0.497 e. The number of nitrogens with two attached hydrogens (primary N) is 1. The van der Waals surface area contributed by atoms with Gasteiger partial charge < -0.3 is 15.4 Å². The molecule has 1 aromatic rings. The maximum absolute atomic E-state index is 12.9. The average Bonchev–Trinajstić information content (AvgIpc) is 2.67. The molecule has 1 saturated heterocycles. The molecule has 1 aliphatic heterocycles. The Kier molecular flexibility index (Phi) is 7.36. The van der Waals surface area contributed by atoms with Gasteiger partial charge in [-0.25, -0.2) is 8.42 Å². The first kappa shape index (κ1) is 22.9. The van der Waals surface area contributed by atoms with Gasteiger partial charge in [0.05, 0.1) is 17.9 Å². The van der Waals surface area contributed by atoms with Gasteiger partial charge >= 0.3 is 0 Å². The highest BCUT2D eigenvalue weighted by atomic mass is 35.5. The van der Waals surface area contributed by atoms with Crippen LogP contribution in [0.15, 0.2) is 29.2 Å². The summed E-state index contributed by atoms with van der Waals surface area (Å²) >= 11 is 0. The molecule has 7 nitrogen and oxygen atoms in total. The summed E-state index contributed by atoms with van der Waals surface area (Å²) in [6.45, 7) is 3.36. The van der Waals surface area contributed by atoms with Crippen LogP contribution in [0.2, 0.25) is 0 Å². The quantitative estimate of drug-likeness (QED) is 0.785. The van der Waals surface area contributed by atoms with Crippen LogP contribution >= 0.6 is 12.4 Å². The number of halogens is 1. The Morgan fingerprint density at radius 3 is 2.29 bits per heavy atom. The predicted octanol–water partition coefficient (Wildman–Crippen LogP) is 1.86. The van der Waals surface area contributed by atoms with Crippen LogP contribution < -0.4 is 10.5 Å². The summed E-state index contributed by atoms with van der Waals surface area (Å²) < 4.78 is 32.2. The molecule has 2 fully saturated rings. The number of carbonyl (C=O) groups excluding carboxylic acids is 1. The number of nitrogens with zero attached hydrogens (tertiary/aromatic N) is 2. The van der Waals surface area contributed by atoms with Crippen molar-refractivity contribution in [2.45, 2.75) is 43.0 Å². The number of amides is 1. The summed E-state index contributed by atoms with van der Waals surface area (Å²) in [5.74, 6) is 0.513. The molecule has 1 heterocycles. The van der Waals surface area contributed by atoms with E-state index in [1.165, 1.54) is 4.31 Å². The number of rotatable bonds is 4. The molecule has 2 aliphatic rings. The van der Waals surface area contributed by atoms with Gasteiger partial charge in [-0.2, -0.15) is 4.31 Å². The van der Waals surface area contributed by atoms with Gasteiger partial charge in [-0.3, -0.25) is 4.79 Å². The lowest BCUT2D eigenvalue weighted by molar-refractivity contribution is -0.140. The van der Waals surface area contributed by atoms with Crippen molar-refractivity contribution in [2.75, 3.05) is 33.3 Å². The highest BCUT2D eigenvalue weighted by Crippen LogP contribution is 2.33. The van der Waals surface area contributed by atoms with Crippen molar-refractivity contribution in [2.24, 2.45) is 11.7 Å². The first-order valence-corrected chi connectivity index (χ1v) is 10.9. The highest BCUT2D eigenvalue weighted by molar-refractivity contribution is 7.89. The molecule has 9 heteroatoms. The normalized spacial score (nSPS) is 26.4. The maximum Gasteiger partial charge on any atom is 0.243 e. The van der Waals surface area contributed by atoms with E-state index < -0.39 is 15.6 Å². The summed E-state index contributed by atoms with van der Waals surface area (Å²) in [6.07, 6.45) is 3.76. The van der Waals surface area contributed by atoms with Crippen molar-refractivity contribution in [1.82, 2.24) is 9.21 Å². The molecule has 1 saturated carbocycles. The van der Waals surface area contributed by atoms with Gasteiger partial charge in [-0.05, 0) is 44.0 Å². The monoisotopic (exact) mass is 431 g/mol. The van der Waals surface area contributed by atoms with Gasteiger partial charge in [0.2, 0.25) is 15.9 Å². The molecule has 28 heavy (non-hydrogen) atoms. The third-order valence-electron chi connectivity index (χ3n) is 5.80. The van der Waals surface area contributed by atoms with Crippen molar-refractivity contribution in [3.05, 3.63) is 24.3 Å². The Balaban J connectivity index is 0.00000280. The fourth-order valence-corrected chi connectivity index (χ4v) is 5.45. The molecule has 2 atom stereocenters. The Morgan fingerprint density at radius 1 is 1.14 bits per heavy atom. The maximum atomic E-state index is 12.9. The minimum Gasteiger partial charge on any atom is -0.497 e. The summed E-state index contributed by atoms with van der Waals surface area (Å²) in [7, 11) is -2.03. The first-order chi connectivity index (χ1) is 12.8. The molecule has 0 aromatic heterocycles. The molecule has 1 aliphatic carbocycles. The Hall–Kier alpha value is -1.35. The smallest absolute Gasteiger partial charge is 0.243 e. The Labute approximate surface area is 173 Å². The molecule has 2 N–H and O–H groups in total. The summed E-state index contributed by atoms with van der Waals surface area (Å²) in [4.78, 5) is 14.9. The highest BCUT2D eigenvalue weighted by Gasteiger charge is 2.41. The van der Waals surface area contributed by atoms with Crippen LogP contribution in [0.3, 0.4) is 0 Å². The van der Waals surface area contributed by atoms with Crippen LogP contribution in [0.25, 0.3) is 0 Å². The number of methoxy groups -OCH3 is 1. The van der Waals surface area contributed by atoms with Gasteiger partial charge in [-0.15, -0.1) is 12.4 Å². The van der Waals surface area contributed by atoms with Gasteiger partial charge in [0.1, 0.15) is 5.75 Å². The standard InChI is InChI=1S/C19H29N3O4S.ClH/c1-19(20)10-4-3-5-17(19)18(23)21-11-13-22(14-12-21)27(24,25)16-8-6-15(26-2)7-9-16;/h6-9,17H,3-5,10-14,20H2,1-2H3;1H. The molecule has 158 valence electrons. The van der Waals surface area contributed by atoms with Crippen LogP contribution in [-0.2, 0) is 14.8 Å². The topological polar surface area (TPSA) is 92.9 Å². The summed E-state index contributed by atoms with van der Waals surface area (Å²) in [6, 6.07) is 6.37. The molecule has 2 unspecified atom stereocenters. The average molecular weight is 432 g/mol. The molecule has 0 radical (unpaired) electrons. The zero-order chi connectivity index (χ0) is 19.7.